The second-order valence-electron chi connectivity index (χ2n) is 6.21. The molecule has 3 N–H and O–H groups in total. The van der Waals surface area contributed by atoms with E-state index in [1.54, 1.807) is 31.0 Å². The molecule has 0 radical (unpaired) electrons. The highest BCUT2D eigenvalue weighted by atomic mass is 32.2. The van der Waals surface area contributed by atoms with Gasteiger partial charge in [-0.15, -0.1) is 0 Å². The first kappa shape index (κ1) is 21.7. The van der Waals surface area contributed by atoms with E-state index in [2.05, 4.69) is 24.9 Å². The normalized spacial score (nSPS) is 19.2. The number of allylic oxidation sites excluding steroid dienone is 6. The van der Waals surface area contributed by atoms with E-state index in [-0.39, 0.29) is 5.78 Å². The van der Waals surface area contributed by atoms with Gasteiger partial charge in [-0.3, -0.25) is 4.79 Å². The Morgan fingerprint density at radius 3 is 2.77 bits per heavy atom. The van der Waals surface area contributed by atoms with Crippen molar-refractivity contribution < 1.29 is 4.79 Å². The summed E-state index contributed by atoms with van der Waals surface area (Å²) in [6, 6.07) is 2.28. The average molecular weight is 370 g/mol. The van der Waals surface area contributed by atoms with Gasteiger partial charge in [-0.25, -0.2) is 4.99 Å². The van der Waals surface area contributed by atoms with Gasteiger partial charge in [0, 0.05) is 40.4 Å². The lowest BCUT2D eigenvalue weighted by Gasteiger charge is -2.17. The fourth-order valence-electron chi connectivity index (χ4n) is 2.72. The number of thioether (sulfide) groups is 1. The summed E-state index contributed by atoms with van der Waals surface area (Å²) in [4.78, 5) is 18.2. The van der Waals surface area contributed by atoms with Crippen molar-refractivity contribution in [3.63, 3.8) is 0 Å². The zero-order valence-electron chi connectivity index (χ0n) is 15.9. The molecule has 0 aromatic heterocycles. The molecule has 0 saturated heterocycles. The highest BCUT2D eigenvalue weighted by molar-refractivity contribution is 8.07. The van der Waals surface area contributed by atoms with Gasteiger partial charge in [0.2, 0.25) is 0 Å². The lowest BCUT2D eigenvalue weighted by molar-refractivity contribution is -0.113. The average Bonchev–Trinajstić information content (AvgIpc) is 2.71. The first-order chi connectivity index (χ1) is 12.3. The smallest absolute Gasteiger partial charge is 0.156 e. The van der Waals surface area contributed by atoms with Gasteiger partial charge in [-0.1, -0.05) is 36.8 Å². The number of nitrogens with zero attached hydrogens (tertiary/aromatic N) is 1. The molecule has 5 heteroatoms. The Kier molecular flexibility index (Phi) is 8.87. The molecule has 0 aliphatic heterocycles. The number of aliphatic imine (C=N–C) groups is 1. The molecule has 1 unspecified atom stereocenters. The number of rotatable bonds is 7. The van der Waals surface area contributed by atoms with E-state index in [0.717, 1.165) is 27.4 Å². The fraction of sp³-hybridized carbons (Fsp3) is 0.381. The first-order valence-electron chi connectivity index (χ1n) is 8.58. The van der Waals surface area contributed by atoms with E-state index < -0.39 is 0 Å². The van der Waals surface area contributed by atoms with Crippen molar-refractivity contribution in [2.45, 2.75) is 47.0 Å². The van der Waals surface area contributed by atoms with Crippen molar-refractivity contribution in [2.75, 3.05) is 0 Å². The highest BCUT2D eigenvalue weighted by Crippen LogP contribution is 2.42. The van der Waals surface area contributed by atoms with Gasteiger partial charge in [-0.2, -0.15) is 0 Å². The quantitative estimate of drug-likeness (QED) is 0.502. The van der Waals surface area contributed by atoms with E-state index in [1.807, 2.05) is 13.0 Å². The third kappa shape index (κ3) is 5.89. The van der Waals surface area contributed by atoms with Gasteiger partial charge in [0.05, 0.1) is 0 Å². The lowest BCUT2D eigenvalue weighted by Crippen LogP contribution is -2.04. The lowest BCUT2D eigenvalue weighted by atomic mass is 9.97. The molecule has 0 saturated carbocycles. The number of nitrogens with one attached hydrogen (secondary N) is 1. The molecule has 0 aromatic rings. The molecule has 1 aliphatic rings. The molecule has 138 valence electrons. The van der Waals surface area contributed by atoms with E-state index in [1.165, 1.54) is 11.8 Å². The van der Waals surface area contributed by atoms with Crippen LogP contribution in [0, 0.1) is 23.8 Å². The van der Waals surface area contributed by atoms with Crippen molar-refractivity contribution in [3.05, 3.63) is 44.9 Å². The fourth-order valence-corrected chi connectivity index (χ4v) is 3.97. The summed E-state index contributed by atoms with van der Waals surface area (Å²) in [5, 5.41) is 7.99. The topological polar surface area (TPSA) is 79.3 Å². The number of carbonyl (C=O) groups excluding carboxylic acids is 1. The molecule has 1 aliphatic carbocycles. The highest BCUT2D eigenvalue weighted by Gasteiger charge is 2.24. The molecule has 0 spiro atoms. The third-order valence-corrected chi connectivity index (χ3v) is 5.79. The number of carbonyl (C=O) groups is 1. The Morgan fingerprint density at radius 2 is 2.23 bits per heavy atom. The monoisotopic (exact) mass is 369 g/mol. The van der Waals surface area contributed by atoms with Crippen molar-refractivity contribution >= 4 is 29.5 Å². The van der Waals surface area contributed by atoms with E-state index in [0.29, 0.717) is 24.5 Å². The Bertz CT molecular complexity index is 761. The van der Waals surface area contributed by atoms with Crippen LogP contribution in [0.3, 0.4) is 0 Å². The molecular formula is C21H27N3OS. The predicted octanol–water partition coefficient (Wildman–Crippen LogP) is 4.76. The van der Waals surface area contributed by atoms with Gasteiger partial charge < -0.3 is 11.1 Å². The maximum Gasteiger partial charge on any atom is 0.156 e. The molecule has 1 atom stereocenters. The van der Waals surface area contributed by atoms with Gasteiger partial charge in [0.15, 0.2) is 5.78 Å². The Morgan fingerprint density at radius 1 is 1.54 bits per heavy atom. The molecule has 0 heterocycles. The van der Waals surface area contributed by atoms with E-state index >= 15 is 0 Å². The summed E-state index contributed by atoms with van der Waals surface area (Å²) in [7, 11) is 0. The molecule has 0 aromatic carbocycles. The van der Waals surface area contributed by atoms with Gasteiger partial charge in [-0.05, 0) is 56.7 Å². The number of hydrogen-bond donors (Lipinski definition) is 2. The van der Waals surface area contributed by atoms with Gasteiger partial charge in [0.1, 0.15) is 0 Å². The predicted molar refractivity (Wildman–Crippen MR) is 113 cm³/mol. The van der Waals surface area contributed by atoms with Crippen LogP contribution in [0.2, 0.25) is 0 Å². The molecule has 0 amide bonds. The standard InChI is InChI=1S/C21H27N3OS/c1-6-18(12-17(23)10-11-22)26-21-15(4)14(3)8-9-19(16(5)25)20(21)13-24-7-2/h2,6,10-11,13-14,23H,8-9,12,22H2,1,3-5H3/b11-10-,18-6+,23-17?,24-13-. The number of nitrogens with two attached hydrogens (primary N) is 1. The van der Waals surface area contributed by atoms with Crippen molar-refractivity contribution in [1.82, 2.24) is 0 Å². The summed E-state index contributed by atoms with van der Waals surface area (Å²) in [6.07, 6.45) is 14.0. The summed E-state index contributed by atoms with van der Waals surface area (Å²) >= 11 is 1.58. The third-order valence-electron chi connectivity index (χ3n) is 4.40. The van der Waals surface area contributed by atoms with Crippen LogP contribution < -0.4 is 5.73 Å². The van der Waals surface area contributed by atoms with Gasteiger partial charge >= 0.3 is 0 Å². The first-order valence-corrected chi connectivity index (χ1v) is 9.39. The van der Waals surface area contributed by atoms with Crippen molar-refractivity contribution in [3.8, 4) is 12.5 Å². The van der Waals surface area contributed by atoms with Crippen LogP contribution in [0.5, 0.6) is 0 Å². The zero-order valence-corrected chi connectivity index (χ0v) is 16.7. The molecule has 1 rings (SSSR count). The van der Waals surface area contributed by atoms with Crippen LogP contribution >= 0.6 is 11.8 Å². The van der Waals surface area contributed by atoms with Crippen LogP contribution in [0.25, 0.3) is 0 Å². The molecule has 4 nitrogen and oxygen atoms in total. The molecule has 0 bridgehead atoms. The second kappa shape index (κ2) is 10.6. The van der Waals surface area contributed by atoms with E-state index in [4.69, 9.17) is 17.6 Å². The number of hydrogen-bond acceptors (Lipinski definition) is 5. The van der Waals surface area contributed by atoms with Crippen LogP contribution in [-0.4, -0.2) is 17.7 Å². The molecular weight excluding hydrogens is 342 g/mol. The SMILES string of the molecule is C#C/N=C\C1=C(C(C)=O)CCC(C)C(C)=C1S/C(=C/C)CC(=N)/C=C\N. The number of terminal acetylenes is 1. The van der Waals surface area contributed by atoms with Gasteiger partial charge in [0.25, 0.3) is 0 Å². The minimum absolute atomic E-state index is 0.0457. The maximum absolute atomic E-state index is 12.2. The summed E-state index contributed by atoms with van der Waals surface area (Å²) in [5.41, 5.74) is 8.60. The largest absolute Gasteiger partial charge is 0.405 e. The van der Waals surface area contributed by atoms with Crippen LogP contribution in [0.4, 0.5) is 0 Å². The zero-order chi connectivity index (χ0) is 19.7. The second-order valence-corrected chi connectivity index (χ2v) is 7.34. The Labute approximate surface area is 160 Å². The maximum atomic E-state index is 12.2. The van der Waals surface area contributed by atoms with E-state index in [9.17, 15) is 4.79 Å². The Hall–Kier alpha value is -2.32. The van der Waals surface area contributed by atoms with Crippen LogP contribution in [0.15, 0.2) is 49.9 Å². The Balaban J connectivity index is 3.42. The van der Waals surface area contributed by atoms with Crippen LogP contribution in [-0.2, 0) is 4.79 Å². The summed E-state index contributed by atoms with van der Waals surface area (Å²) in [6.45, 7) is 7.80. The summed E-state index contributed by atoms with van der Waals surface area (Å²) < 4.78 is 0. The minimum atomic E-state index is 0.0457. The molecule has 26 heavy (non-hydrogen) atoms. The van der Waals surface area contributed by atoms with Crippen molar-refractivity contribution in [1.29, 1.82) is 5.41 Å². The van der Waals surface area contributed by atoms with Crippen LogP contribution in [0.1, 0.15) is 47.0 Å². The number of Topliss-reactive ketones (excluding diaryl/α,β-unsaturated/α-hetero) is 1. The van der Waals surface area contributed by atoms with Crippen molar-refractivity contribution in [2.24, 2.45) is 16.6 Å². The summed E-state index contributed by atoms with van der Waals surface area (Å²) in [5.74, 6) is 0.398. The minimum Gasteiger partial charge on any atom is -0.405 e. The molecule has 0 fully saturated rings. The number of ketones is 1.